The fraction of sp³-hybridized carbons (Fsp3) is 0.485. The number of carbonyl (C=O) groups excluding carboxylic acids is 1. The zero-order chi connectivity index (χ0) is 26.2. The number of carbonyl (C=O) groups is 1. The quantitative estimate of drug-likeness (QED) is 0.347. The largest absolute Gasteiger partial charge is 0.454 e. The summed E-state index contributed by atoms with van der Waals surface area (Å²) in [6, 6.07) is 15.7. The van der Waals surface area contributed by atoms with Gasteiger partial charge in [-0.1, -0.05) is 19.1 Å². The van der Waals surface area contributed by atoms with Crippen LogP contribution in [-0.4, -0.2) is 54.1 Å². The summed E-state index contributed by atoms with van der Waals surface area (Å²) in [5.41, 5.74) is 6.47. The molecule has 4 heterocycles. The minimum absolute atomic E-state index is 0.162. The van der Waals surface area contributed by atoms with Crippen molar-refractivity contribution in [3.63, 3.8) is 0 Å². The molecule has 1 N–H and O–H groups in total. The normalized spacial score (nSPS) is 24.9. The lowest BCUT2D eigenvalue weighted by Gasteiger charge is -2.29. The van der Waals surface area contributed by atoms with Crippen LogP contribution in [0.1, 0.15) is 48.5 Å². The lowest BCUT2D eigenvalue weighted by Crippen LogP contribution is -2.43. The van der Waals surface area contributed by atoms with Crippen LogP contribution in [0, 0.1) is 24.7 Å². The van der Waals surface area contributed by atoms with Crippen LogP contribution < -0.4 is 10.2 Å². The Morgan fingerprint density at radius 2 is 1.87 bits per heavy atom. The molecule has 0 radical (unpaired) electrons. The number of furan rings is 1. The van der Waals surface area contributed by atoms with Crippen LogP contribution in [0.25, 0.3) is 33.3 Å². The highest BCUT2D eigenvalue weighted by Crippen LogP contribution is 2.44. The summed E-state index contributed by atoms with van der Waals surface area (Å²) in [5.74, 6) is 3.13. The Morgan fingerprint density at radius 3 is 2.62 bits per heavy atom. The van der Waals surface area contributed by atoms with Crippen LogP contribution in [0.5, 0.6) is 0 Å². The average Bonchev–Trinajstić information content (AvgIpc) is 3.38. The van der Waals surface area contributed by atoms with Crippen molar-refractivity contribution in [3.8, 4) is 11.5 Å². The van der Waals surface area contributed by atoms with Crippen molar-refractivity contribution in [1.82, 2.24) is 14.8 Å². The summed E-state index contributed by atoms with van der Waals surface area (Å²) in [6.45, 7) is 10.6. The molecule has 2 aliphatic heterocycles. The van der Waals surface area contributed by atoms with E-state index in [1.165, 1.54) is 35.9 Å². The van der Waals surface area contributed by atoms with Crippen molar-refractivity contribution in [1.29, 1.82) is 0 Å². The van der Waals surface area contributed by atoms with E-state index in [9.17, 15) is 4.79 Å². The average molecular weight is 523 g/mol. The monoisotopic (exact) mass is 522 g/mol. The van der Waals surface area contributed by atoms with Gasteiger partial charge in [-0.2, -0.15) is 0 Å². The van der Waals surface area contributed by atoms with Crippen LogP contribution in [-0.2, 0) is 6.54 Å². The zero-order valence-electron chi connectivity index (χ0n) is 23.1. The molecule has 4 fully saturated rings. The Morgan fingerprint density at radius 1 is 1.03 bits per heavy atom. The van der Waals surface area contributed by atoms with E-state index in [4.69, 9.17) is 4.42 Å². The number of aryl methyl sites for hydroxylation is 1. The van der Waals surface area contributed by atoms with Gasteiger partial charge in [0.1, 0.15) is 5.58 Å². The van der Waals surface area contributed by atoms with Crippen molar-refractivity contribution >= 4 is 33.5 Å². The Balaban J connectivity index is 1.18. The molecular formula is C33H38N4O2. The van der Waals surface area contributed by atoms with Gasteiger partial charge in [-0.3, -0.25) is 4.79 Å². The molecule has 2 aliphatic carbocycles. The van der Waals surface area contributed by atoms with E-state index in [0.29, 0.717) is 17.9 Å². The number of piperidine rings is 1. The molecule has 2 saturated heterocycles. The molecule has 6 heteroatoms. The number of nitrogens with one attached hydrogen (secondary N) is 1. The second-order valence-corrected chi connectivity index (χ2v) is 12.6. The maximum absolute atomic E-state index is 13.5. The van der Waals surface area contributed by atoms with Crippen LogP contribution in [0.2, 0.25) is 0 Å². The fourth-order valence-corrected chi connectivity index (χ4v) is 7.62. The molecule has 6 nitrogen and oxygen atoms in total. The molecule has 8 rings (SSSR count). The van der Waals surface area contributed by atoms with Gasteiger partial charge < -0.3 is 24.1 Å². The highest BCUT2D eigenvalue weighted by Gasteiger charge is 2.46. The third-order valence-corrected chi connectivity index (χ3v) is 10.2. The van der Waals surface area contributed by atoms with Crippen molar-refractivity contribution in [2.75, 3.05) is 37.6 Å². The zero-order valence-corrected chi connectivity index (χ0v) is 23.1. The van der Waals surface area contributed by atoms with E-state index in [2.05, 4.69) is 63.9 Å². The number of piperazine rings is 1. The summed E-state index contributed by atoms with van der Waals surface area (Å²) in [4.78, 5) is 18.1. The Bertz CT molecular complexity index is 1590. The molecule has 2 bridgehead atoms. The van der Waals surface area contributed by atoms with Crippen LogP contribution in [0.3, 0.4) is 0 Å². The number of amides is 1. The number of nitrogens with zero attached hydrogens (tertiary/aromatic N) is 3. The molecule has 0 spiro atoms. The van der Waals surface area contributed by atoms with E-state index < -0.39 is 0 Å². The number of benzene rings is 2. The van der Waals surface area contributed by atoms with Gasteiger partial charge in [0.25, 0.3) is 5.91 Å². The summed E-state index contributed by atoms with van der Waals surface area (Å²) in [6.07, 6.45) is 5.02. The fourth-order valence-electron chi connectivity index (χ4n) is 7.62. The topological polar surface area (TPSA) is 53.7 Å². The number of fused-ring (bicyclic) bond motifs is 4. The molecule has 2 aromatic heterocycles. The third-order valence-electron chi connectivity index (χ3n) is 10.2. The number of hydrogen-bond acceptors (Lipinski definition) is 4. The molecule has 2 aromatic carbocycles. The molecular weight excluding hydrogens is 484 g/mol. The number of aromatic nitrogens is 1. The molecule has 1 amide bonds. The third kappa shape index (κ3) is 3.82. The maximum Gasteiger partial charge on any atom is 0.254 e. The first-order valence-electron chi connectivity index (χ1n) is 15.0. The number of anilines is 1. The van der Waals surface area contributed by atoms with Gasteiger partial charge in [0.2, 0.25) is 0 Å². The summed E-state index contributed by atoms with van der Waals surface area (Å²) in [5, 5.41) is 5.83. The van der Waals surface area contributed by atoms with Gasteiger partial charge in [-0.15, -0.1) is 0 Å². The highest BCUT2D eigenvalue weighted by molar-refractivity contribution is 6.00. The van der Waals surface area contributed by atoms with Crippen LogP contribution >= 0.6 is 0 Å². The SMILES string of the molecule is Cc1c(-c2cc3ccc(N4CCNCC4)cc3n2CC2CC2)oc2cc(C(=O)N3CC4CCC3C4C)ccc12. The first kappa shape index (κ1) is 23.6. The molecule has 4 aliphatic rings. The first-order valence-corrected chi connectivity index (χ1v) is 15.0. The molecule has 39 heavy (non-hydrogen) atoms. The van der Waals surface area contributed by atoms with E-state index in [1.807, 2.05) is 12.1 Å². The maximum atomic E-state index is 13.5. The molecule has 2 saturated carbocycles. The summed E-state index contributed by atoms with van der Waals surface area (Å²) >= 11 is 0. The number of rotatable bonds is 5. The van der Waals surface area contributed by atoms with Crippen molar-refractivity contribution in [3.05, 3.63) is 53.6 Å². The lowest BCUT2D eigenvalue weighted by atomic mass is 10.0. The van der Waals surface area contributed by atoms with Gasteiger partial charge in [-0.05, 0) is 80.7 Å². The summed E-state index contributed by atoms with van der Waals surface area (Å²) < 4.78 is 9.13. The van der Waals surface area contributed by atoms with Crippen molar-refractivity contribution in [2.45, 2.75) is 52.1 Å². The van der Waals surface area contributed by atoms with E-state index in [1.54, 1.807) is 0 Å². The highest BCUT2D eigenvalue weighted by atomic mass is 16.3. The second-order valence-electron chi connectivity index (χ2n) is 12.6. The Labute approximate surface area is 229 Å². The van der Waals surface area contributed by atoms with E-state index in [0.717, 1.165) is 85.2 Å². The van der Waals surface area contributed by atoms with Gasteiger partial charge in [0.15, 0.2) is 5.76 Å². The standard InChI is InChI=1S/C33H38N4O2/c1-20-25-7-10-28(20)37(19-25)33(38)24-6-9-27-21(2)32(39-31(27)16-24)30-15-23-5-8-26(35-13-11-34-12-14-35)17-29(23)36(30)18-22-3-4-22/h5-6,8-9,15-17,20,22,25,28,34H,3-4,7,10-14,18-19H2,1-2H3. The number of likely N-dealkylation sites (tertiary alicyclic amines) is 1. The Hall–Kier alpha value is -3.25. The van der Waals surface area contributed by atoms with Gasteiger partial charge in [-0.25, -0.2) is 0 Å². The van der Waals surface area contributed by atoms with Gasteiger partial charge >= 0.3 is 0 Å². The lowest BCUT2D eigenvalue weighted by molar-refractivity contribution is 0.0696. The van der Waals surface area contributed by atoms with Crippen molar-refractivity contribution in [2.24, 2.45) is 17.8 Å². The number of hydrogen-bond donors (Lipinski definition) is 1. The molecule has 4 aromatic rings. The minimum Gasteiger partial charge on any atom is -0.454 e. The predicted molar refractivity (Wildman–Crippen MR) is 156 cm³/mol. The van der Waals surface area contributed by atoms with E-state index >= 15 is 0 Å². The molecule has 202 valence electrons. The van der Waals surface area contributed by atoms with Gasteiger partial charge in [0.05, 0.1) is 11.2 Å². The van der Waals surface area contributed by atoms with Gasteiger partial charge in [0, 0.05) is 72.9 Å². The molecule has 3 atom stereocenters. The second kappa shape index (κ2) is 8.88. The summed E-state index contributed by atoms with van der Waals surface area (Å²) in [7, 11) is 0. The Kier molecular flexibility index (Phi) is 5.38. The smallest absolute Gasteiger partial charge is 0.254 e. The van der Waals surface area contributed by atoms with Crippen LogP contribution in [0.4, 0.5) is 5.69 Å². The predicted octanol–water partition coefficient (Wildman–Crippen LogP) is 6.05. The van der Waals surface area contributed by atoms with E-state index in [-0.39, 0.29) is 5.91 Å². The van der Waals surface area contributed by atoms with Crippen molar-refractivity contribution < 1.29 is 9.21 Å². The first-order chi connectivity index (χ1) is 19.0. The van der Waals surface area contributed by atoms with Crippen LogP contribution in [0.15, 0.2) is 46.9 Å². The minimum atomic E-state index is 0.162. The molecule has 3 unspecified atom stereocenters.